The van der Waals surface area contributed by atoms with E-state index in [1.165, 1.54) is 0 Å². The van der Waals surface area contributed by atoms with Gasteiger partial charge in [0, 0.05) is 0 Å². The van der Waals surface area contributed by atoms with E-state index in [-0.39, 0.29) is 44.3 Å². The van der Waals surface area contributed by atoms with Crippen LogP contribution in [0.15, 0.2) is 0 Å². The van der Waals surface area contributed by atoms with Gasteiger partial charge in [0.15, 0.2) is 0 Å². The van der Waals surface area contributed by atoms with Gasteiger partial charge in [0.25, 0.3) is 11.4 Å². The Labute approximate surface area is 68.9 Å². The van der Waals surface area contributed by atoms with Crippen LogP contribution in [0.4, 0.5) is 0 Å². The molecule has 42 valence electrons. The van der Waals surface area contributed by atoms with Crippen molar-refractivity contribution in [2.75, 3.05) is 0 Å². The van der Waals surface area contributed by atoms with E-state index in [2.05, 4.69) is 0 Å². The molecule has 7 heteroatoms. The summed E-state index contributed by atoms with van der Waals surface area (Å²) in [5, 5.41) is 0. The molecule has 0 aliphatic rings. The maximum Gasteiger partial charge on any atom is 2.00 e. The van der Waals surface area contributed by atoms with Gasteiger partial charge < -0.3 is 24.8 Å². The topological polar surface area (TPSA) is 57.5 Å². The van der Waals surface area contributed by atoms with E-state index in [0.29, 0.717) is 0 Å². The molecule has 0 unspecified atom stereocenters. The number of halogens is 2. The fourth-order valence-electron chi connectivity index (χ4n) is 0. The van der Waals surface area contributed by atoms with Gasteiger partial charge in [-0.2, -0.15) is 4.21 Å². The zero-order chi connectivity index (χ0) is 3.58. The van der Waals surface area contributed by atoms with Gasteiger partial charge in [0.2, 0.25) is 0 Å². The first-order chi connectivity index (χ1) is 1.73. The Morgan fingerprint density at radius 2 is 1.14 bits per heavy atom. The van der Waals surface area contributed by atoms with Crippen molar-refractivity contribution in [1.29, 1.82) is 0 Å². The Morgan fingerprint density at radius 3 is 1.14 bits per heavy atom. The van der Waals surface area contributed by atoms with Crippen molar-refractivity contribution in [1.82, 2.24) is 0 Å². The van der Waals surface area contributed by atoms with E-state index in [9.17, 15) is 0 Å². The van der Waals surface area contributed by atoms with E-state index >= 15 is 0 Å². The molecule has 0 aliphatic heterocycles. The molecule has 0 saturated carbocycles. The number of rotatable bonds is 0. The van der Waals surface area contributed by atoms with Crippen molar-refractivity contribution in [3.63, 3.8) is 0 Å². The monoisotopic (exact) mass is 216 g/mol. The van der Waals surface area contributed by atoms with Crippen LogP contribution in [0.2, 0.25) is 0 Å². The van der Waals surface area contributed by atoms with Crippen LogP contribution in [0, 0.1) is 0 Å². The molecule has 7 heavy (non-hydrogen) atoms. The van der Waals surface area contributed by atoms with Gasteiger partial charge in [-0.05, 0) is 0 Å². The van der Waals surface area contributed by atoms with Crippen molar-refractivity contribution in [2.45, 2.75) is 0 Å². The van der Waals surface area contributed by atoms with Crippen molar-refractivity contribution in [3.05, 3.63) is 0 Å². The van der Waals surface area contributed by atoms with Crippen molar-refractivity contribution in [2.24, 2.45) is 0 Å². The Morgan fingerprint density at radius 1 is 1.14 bits per heavy atom. The molecule has 0 bridgehead atoms. The Balaban J connectivity index is -0.0000000150. The summed E-state index contributed by atoms with van der Waals surface area (Å²) < 4.78 is 22.8. The standard InChI is InChI=1S/2ClH.H2O3S.Zn/c;;1-4(2)3;/h2*1H;(H2,1,2,3);/q;;;+2/p-2. The second kappa shape index (κ2) is 15.7. The van der Waals surface area contributed by atoms with Crippen LogP contribution in [0.5, 0.6) is 0 Å². The van der Waals surface area contributed by atoms with Gasteiger partial charge in [-0.15, -0.1) is 0 Å². The minimum atomic E-state index is -2.61. The van der Waals surface area contributed by atoms with Crippen molar-refractivity contribution < 1.29 is 57.6 Å². The van der Waals surface area contributed by atoms with Gasteiger partial charge in [0.1, 0.15) is 0 Å². The Kier molecular flexibility index (Phi) is 53.7. The van der Waals surface area contributed by atoms with Crippen LogP contribution in [-0.2, 0) is 30.8 Å². The molecule has 0 spiro atoms. The van der Waals surface area contributed by atoms with Crippen molar-refractivity contribution in [3.8, 4) is 0 Å². The van der Waals surface area contributed by atoms with Crippen LogP contribution < -0.4 is 24.8 Å². The largest absolute Gasteiger partial charge is 2.00 e. The normalized spacial score (nSPS) is 5.00. The second-order valence-electron chi connectivity index (χ2n) is 0.231. The second-order valence-corrected chi connectivity index (χ2v) is 0.692. The van der Waals surface area contributed by atoms with Gasteiger partial charge in [-0.25, -0.2) is 0 Å². The molecule has 0 atom stereocenters. The first-order valence-electron chi connectivity index (χ1n) is 0.532. The molecular weight excluding hydrogens is 216 g/mol. The summed E-state index contributed by atoms with van der Waals surface area (Å²) in [6.45, 7) is 0. The summed E-state index contributed by atoms with van der Waals surface area (Å²) >= 11 is -2.61. The maximum atomic E-state index is 8.67. The molecule has 0 aromatic carbocycles. The van der Waals surface area contributed by atoms with E-state index in [1.54, 1.807) is 0 Å². The Bertz CT molecular complexity index is 35.9. The third-order valence-electron chi connectivity index (χ3n) is 0. The average molecular weight is 218 g/mol. The van der Waals surface area contributed by atoms with E-state index < -0.39 is 11.4 Å². The first kappa shape index (κ1) is 24.0. The third-order valence-corrected chi connectivity index (χ3v) is 0. The average Bonchev–Trinajstić information content (AvgIpc) is 0.811. The molecule has 0 fully saturated rings. The molecule has 2 N–H and O–H groups in total. The molecule has 0 saturated heterocycles. The quantitative estimate of drug-likeness (QED) is 0.314. The summed E-state index contributed by atoms with van der Waals surface area (Å²) in [5.41, 5.74) is 0. The third kappa shape index (κ3) is 125. The molecule has 0 heterocycles. The van der Waals surface area contributed by atoms with Crippen LogP contribution in [0.3, 0.4) is 0 Å². The zero-order valence-corrected chi connectivity index (χ0v) is 8.47. The molecule has 0 aromatic heterocycles. The molecule has 0 aromatic rings. The fourth-order valence-corrected chi connectivity index (χ4v) is 0. The molecular formula is H2Cl2O3SZn. The molecule has 0 radical (unpaired) electrons. The molecule has 3 nitrogen and oxygen atoms in total. The summed E-state index contributed by atoms with van der Waals surface area (Å²) in [6, 6.07) is 0. The summed E-state index contributed by atoms with van der Waals surface area (Å²) in [5.74, 6) is 0. The van der Waals surface area contributed by atoms with Gasteiger partial charge in [0.05, 0.1) is 0 Å². The predicted molar refractivity (Wildman–Crippen MR) is 13.4 cm³/mol. The van der Waals surface area contributed by atoms with Gasteiger partial charge in [-0.1, -0.05) is 0 Å². The van der Waals surface area contributed by atoms with Crippen molar-refractivity contribution >= 4 is 11.4 Å². The van der Waals surface area contributed by atoms with E-state index in [4.69, 9.17) is 13.3 Å². The summed E-state index contributed by atoms with van der Waals surface area (Å²) in [4.78, 5) is 0. The summed E-state index contributed by atoms with van der Waals surface area (Å²) in [7, 11) is 0. The van der Waals surface area contributed by atoms with Crippen LogP contribution in [0.25, 0.3) is 0 Å². The molecule has 0 rings (SSSR count). The fraction of sp³-hybridized carbons (Fsp3) is 0. The van der Waals surface area contributed by atoms with Gasteiger partial charge >= 0.3 is 19.5 Å². The van der Waals surface area contributed by atoms with E-state index in [1.807, 2.05) is 0 Å². The van der Waals surface area contributed by atoms with Gasteiger partial charge in [-0.3, -0.25) is 9.11 Å². The molecule has 0 aliphatic carbocycles. The van der Waals surface area contributed by atoms with E-state index in [0.717, 1.165) is 0 Å². The predicted octanol–water partition coefficient (Wildman–Crippen LogP) is -6.31. The SMILES string of the molecule is O=S(O)O.[Cl-].[Cl-].[Zn+2]. The minimum absolute atomic E-state index is 0. The number of hydrogen-bond acceptors (Lipinski definition) is 1. The maximum absolute atomic E-state index is 8.67. The van der Waals surface area contributed by atoms with Crippen LogP contribution in [0.1, 0.15) is 0 Å². The zero-order valence-electron chi connectivity index (χ0n) is 3.17. The number of hydrogen-bond donors (Lipinski definition) is 2. The molecule has 0 amide bonds. The first-order valence-corrected chi connectivity index (χ1v) is 1.60. The Hall–Kier alpha value is 1.27. The minimum Gasteiger partial charge on any atom is -1.00 e. The smallest absolute Gasteiger partial charge is 1.00 e. The van der Waals surface area contributed by atoms with Crippen LogP contribution in [-0.4, -0.2) is 13.3 Å². The van der Waals surface area contributed by atoms with Crippen LogP contribution >= 0.6 is 0 Å². The summed E-state index contributed by atoms with van der Waals surface area (Å²) in [6.07, 6.45) is 0.